The molecule has 0 fully saturated rings. The summed E-state index contributed by atoms with van der Waals surface area (Å²) in [7, 11) is 0. The molecule has 132 valence electrons. The van der Waals surface area contributed by atoms with Crippen molar-refractivity contribution < 1.29 is 0 Å². The topological polar surface area (TPSA) is 78.0 Å². The number of thiazole rings is 1. The van der Waals surface area contributed by atoms with Crippen LogP contribution in [0.4, 0.5) is 0 Å². The van der Waals surface area contributed by atoms with Crippen LogP contribution in [0.15, 0.2) is 39.5 Å². The molecular formula is C17H16N6OS2. The molecule has 0 N–H and O–H groups in total. The Balaban J connectivity index is 1.51. The Bertz CT molecular complexity index is 1140. The third-order valence-electron chi connectivity index (χ3n) is 3.85. The third kappa shape index (κ3) is 3.15. The van der Waals surface area contributed by atoms with E-state index < -0.39 is 0 Å². The summed E-state index contributed by atoms with van der Waals surface area (Å²) < 4.78 is 3.40. The first-order chi connectivity index (χ1) is 12.5. The fraction of sp³-hybridized carbons (Fsp3) is 0.235. The number of rotatable bonds is 4. The van der Waals surface area contributed by atoms with Crippen LogP contribution in [0.3, 0.4) is 0 Å². The summed E-state index contributed by atoms with van der Waals surface area (Å²) in [5.74, 6) is 1.25. The van der Waals surface area contributed by atoms with Crippen LogP contribution < -0.4 is 5.56 Å². The van der Waals surface area contributed by atoms with Crippen molar-refractivity contribution in [3.63, 3.8) is 0 Å². The van der Waals surface area contributed by atoms with Gasteiger partial charge >= 0.3 is 0 Å². The van der Waals surface area contributed by atoms with Crippen LogP contribution in [0.1, 0.15) is 22.8 Å². The van der Waals surface area contributed by atoms with Crippen LogP contribution in [-0.4, -0.2) is 29.4 Å². The molecule has 9 heteroatoms. The molecule has 0 radical (unpaired) electrons. The van der Waals surface area contributed by atoms with E-state index in [1.165, 1.54) is 23.1 Å². The van der Waals surface area contributed by atoms with Crippen LogP contribution in [0.5, 0.6) is 0 Å². The van der Waals surface area contributed by atoms with Gasteiger partial charge in [0.2, 0.25) is 0 Å². The van der Waals surface area contributed by atoms with E-state index in [9.17, 15) is 4.79 Å². The molecule has 0 spiro atoms. The van der Waals surface area contributed by atoms with E-state index >= 15 is 0 Å². The molecule has 4 heterocycles. The Morgan fingerprint density at radius 2 is 1.96 bits per heavy atom. The van der Waals surface area contributed by atoms with E-state index in [1.807, 2.05) is 44.4 Å². The normalized spacial score (nSPS) is 11.3. The lowest BCUT2D eigenvalue weighted by atomic mass is 10.4. The molecule has 4 aromatic heterocycles. The van der Waals surface area contributed by atoms with E-state index in [2.05, 4.69) is 20.3 Å². The smallest absolute Gasteiger partial charge is 0.258 e. The maximum atomic E-state index is 12.2. The lowest BCUT2D eigenvalue weighted by molar-refractivity contribution is 0.765. The van der Waals surface area contributed by atoms with Crippen molar-refractivity contribution in [1.29, 1.82) is 0 Å². The van der Waals surface area contributed by atoms with Gasteiger partial charge in [-0.2, -0.15) is 5.10 Å². The van der Waals surface area contributed by atoms with Gasteiger partial charge in [-0.25, -0.2) is 9.67 Å². The van der Waals surface area contributed by atoms with Crippen molar-refractivity contribution in [2.75, 3.05) is 0 Å². The van der Waals surface area contributed by atoms with Gasteiger partial charge in [0.1, 0.15) is 5.03 Å². The minimum absolute atomic E-state index is 0.0460. The van der Waals surface area contributed by atoms with Crippen molar-refractivity contribution in [2.45, 2.75) is 31.6 Å². The summed E-state index contributed by atoms with van der Waals surface area (Å²) in [5.41, 5.74) is 3.56. The van der Waals surface area contributed by atoms with Gasteiger partial charge in [0.05, 0.1) is 11.4 Å². The summed E-state index contributed by atoms with van der Waals surface area (Å²) in [6.45, 7) is 5.83. The maximum Gasteiger partial charge on any atom is 0.258 e. The first-order valence-corrected chi connectivity index (χ1v) is 9.85. The Labute approximate surface area is 157 Å². The zero-order valence-corrected chi connectivity index (χ0v) is 16.1. The van der Waals surface area contributed by atoms with Gasteiger partial charge in [-0.05, 0) is 39.0 Å². The van der Waals surface area contributed by atoms with Crippen LogP contribution in [-0.2, 0) is 5.75 Å². The van der Waals surface area contributed by atoms with Gasteiger partial charge < -0.3 is 0 Å². The maximum absolute atomic E-state index is 12.2. The largest absolute Gasteiger partial charge is 0.269 e. The fourth-order valence-electron chi connectivity index (χ4n) is 2.69. The number of thioether (sulfide) groups is 1. The Hall–Kier alpha value is -2.52. The molecule has 0 aliphatic rings. The van der Waals surface area contributed by atoms with Gasteiger partial charge in [-0.1, -0.05) is 11.8 Å². The average Bonchev–Trinajstić information content (AvgIpc) is 3.16. The standard InChI is InChI=1S/C17H16N6OS2/c1-10-6-11(2)23(21-10)14-4-5-15(20-19-14)25-9-13-7-16(24)22-12(3)8-26-17(22)18-13/h4-8H,9H2,1-3H3. The lowest BCUT2D eigenvalue weighted by Crippen LogP contribution is -2.14. The van der Waals surface area contributed by atoms with Gasteiger partial charge in [-0.3, -0.25) is 9.20 Å². The number of hydrogen-bond acceptors (Lipinski definition) is 7. The van der Waals surface area contributed by atoms with Crippen LogP contribution in [0, 0.1) is 20.8 Å². The zero-order chi connectivity index (χ0) is 18.3. The quantitative estimate of drug-likeness (QED) is 0.504. The van der Waals surface area contributed by atoms with Crippen LogP contribution in [0.2, 0.25) is 0 Å². The molecule has 26 heavy (non-hydrogen) atoms. The highest BCUT2D eigenvalue weighted by Crippen LogP contribution is 2.21. The molecule has 0 unspecified atom stereocenters. The summed E-state index contributed by atoms with van der Waals surface area (Å²) >= 11 is 2.97. The number of aryl methyl sites for hydroxylation is 3. The highest BCUT2D eigenvalue weighted by atomic mass is 32.2. The second-order valence-corrected chi connectivity index (χ2v) is 7.77. The summed E-state index contributed by atoms with van der Waals surface area (Å²) in [4.78, 5) is 17.5. The first kappa shape index (κ1) is 16.9. The van der Waals surface area contributed by atoms with Crippen molar-refractivity contribution in [3.05, 3.63) is 62.8 Å². The van der Waals surface area contributed by atoms with Crippen molar-refractivity contribution >= 4 is 28.1 Å². The molecule has 0 atom stereocenters. The van der Waals surface area contributed by atoms with E-state index in [4.69, 9.17) is 0 Å². The Morgan fingerprint density at radius 1 is 1.12 bits per heavy atom. The molecule has 0 aromatic carbocycles. The number of hydrogen-bond donors (Lipinski definition) is 0. The molecule has 0 amide bonds. The van der Waals surface area contributed by atoms with Crippen molar-refractivity contribution in [3.8, 4) is 5.82 Å². The van der Waals surface area contributed by atoms with E-state index in [0.717, 1.165) is 32.8 Å². The molecule has 0 saturated carbocycles. The number of fused-ring (bicyclic) bond motifs is 1. The van der Waals surface area contributed by atoms with Gasteiger partial charge in [0, 0.05) is 28.6 Å². The summed E-state index contributed by atoms with van der Waals surface area (Å²) in [6.07, 6.45) is 0. The van der Waals surface area contributed by atoms with E-state index in [0.29, 0.717) is 11.6 Å². The average molecular weight is 384 g/mol. The lowest BCUT2D eigenvalue weighted by Gasteiger charge is -2.04. The summed E-state index contributed by atoms with van der Waals surface area (Å²) in [5, 5.41) is 15.6. The number of nitrogens with zero attached hydrogens (tertiary/aromatic N) is 6. The molecule has 0 aliphatic heterocycles. The number of aromatic nitrogens is 6. The third-order valence-corrected chi connectivity index (χ3v) is 5.75. The zero-order valence-electron chi connectivity index (χ0n) is 14.5. The predicted octanol–water partition coefficient (Wildman–Crippen LogP) is 2.95. The summed E-state index contributed by atoms with van der Waals surface area (Å²) in [6, 6.07) is 7.38. The molecular weight excluding hydrogens is 368 g/mol. The van der Waals surface area contributed by atoms with E-state index in [1.54, 1.807) is 15.1 Å². The highest BCUT2D eigenvalue weighted by Gasteiger charge is 2.09. The second kappa shape index (κ2) is 6.65. The van der Waals surface area contributed by atoms with Crippen LogP contribution in [0.25, 0.3) is 10.8 Å². The van der Waals surface area contributed by atoms with Crippen molar-refractivity contribution in [2.24, 2.45) is 0 Å². The van der Waals surface area contributed by atoms with E-state index in [-0.39, 0.29) is 5.56 Å². The molecule has 4 aromatic rings. The molecule has 0 saturated heterocycles. The first-order valence-electron chi connectivity index (χ1n) is 7.98. The second-order valence-electron chi connectivity index (χ2n) is 5.94. The molecule has 7 nitrogen and oxygen atoms in total. The molecule has 0 aliphatic carbocycles. The molecule has 4 rings (SSSR count). The van der Waals surface area contributed by atoms with Gasteiger partial charge in [0.15, 0.2) is 10.8 Å². The van der Waals surface area contributed by atoms with Crippen molar-refractivity contribution in [1.82, 2.24) is 29.4 Å². The van der Waals surface area contributed by atoms with Crippen LogP contribution >= 0.6 is 23.1 Å². The van der Waals surface area contributed by atoms with Gasteiger partial charge in [-0.15, -0.1) is 21.5 Å². The minimum Gasteiger partial charge on any atom is -0.269 e. The fourth-order valence-corrected chi connectivity index (χ4v) is 4.28. The Kier molecular flexibility index (Phi) is 4.33. The highest BCUT2D eigenvalue weighted by molar-refractivity contribution is 7.98. The Morgan fingerprint density at radius 3 is 2.65 bits per heavy atom. The van der Waals surface area contributed by atoms with Gasteiger partial charge in [0.25, 0.3) is 5.56 Å². The minimum atomic E-state index is -0.0460. The SMILES string of the molecule is Cc1cc(C)n(-c2ccc(SCc3cc(=O)n4c(C)csc4n3)nn2)n1. The molecule has 0 bridgehead atoms. The predicted molar refractivity (Wildman–Crippen MR) is 102 cm³/mol. The monoisotopic (exact) mass is 384 g/mol.